The minimum Gasteiger partial charge on any atom is -0.403 e. The molecule has 0 fully saturated rings. The van der Waals surface area contributed by atoms with Crippen LogP contribution < -0.4 is 5.63 Å². The number of hydrogen-bond donors (Lipinski definition) is 0. The smallest absolute Gasteiger partial charge is 0.347 e. The number of aryl methyl sites for hydroxylation is 2. The molecule has 0 saturated carbocycles. The lowest BCUT2D eigenvalue weighted by Gasteiger charge is -1.99. The van der Waals surface area contributed by atoms with E-state index in [-0.39, 0.29) is 5.63 Å². The first-order valence-corrected chi connectivity index (χ1v) is 6.43. The molecule has 0 spiro atoms. The van der Waals surface area contributed by atoms with Gasteiger partial charge in [-0.1, -0.05) is 17.7 Å². The first-order valence-electron chi connectivity index (χ1n) is 5.62. The normalized spacial score (nSPS) is 11.0. The van der Waals surface area contributed by atoms with Crippen molar-refractivity contribution in [3.8, 4) is 11.5 Å². The molecule has 0 unspecified atom stereocenters. The molecule has 2 aromatic heterocycles. The van der Waals surface area contributed by atoms with E-state index in [4.69, 9.17) is 4.42 Å². The van der Waals surface area contributed by atoms with Crippen molar-refractivity contribution < 1.29 is 4.42 Å². The van der Waals surface area contributed by atoms with Crippen LogP contribution in [0.5, 0.6) is 0 Å². The fourth-order valence-corrected chi connectivity index (χ4v) is 2.67. The van der Waals surface area contributed by atoms with Crippen molar-refractivity contribution in [3.05, 3.63) is 51.2 Å². The van der Waals surface area contributed by atoms with Crippen LogP contribution in [0.2, 0.25) is 0 Å². The van der Waals surface area contributed by atoms with Gasteiger partial charge in [-0.25, -0.2) is 9.78 Å². The Morgan fingerprint density at radius 1 is 1.17 bits per heavy atom. The zero-order valence-electron chi connectivity index (χ0n) is 10.1. The van der Waals surface area contributed by atoms with E-state index in [0.717, 1.165) is 20.8 Å². The highest BCUT2D eigenvalue weighted by atomic mass is 32.1. The zero-order valence-corrected chi connectivity index (χ0v) is 10.9. The summed E-state index contributed by atoms with van der Waals surface area (Å²) in [7, 11) is 0. The van der Waals surface area contributed by atoms with Crippen LogP contribution in [-0.2, 0) is 0 Å². The number of benzene rings is 1. The first-order chi connectivity index (χ1) is 8.63. The van der Waals surface area contributed by atoms with E-state index < -0.39 is 0 Å². The van der Waals surface area contributed by atoms with Gasteiger partial charge in [0, 0.05) is 10.4 Å². The van der Waals surface area contributed by atoms with Gasteiger partial charge >= 0.3 is 5.63 Å². The maximum absolute atomic E-state index is 11.9. The predicted molar refractivity (Wildman–Crippen MR) is 73.1 cm³/mol. The van der Waals surface area contributed by atoms with Crippen LogP contribution in [0.15, 0.2) is 39.5 Å². The van der Waals surface area contributed by atoms with Crippen LogP contribution >= 0.6 is 11.3 Å². The van der Waals surface area contributed by atoms with Gasteiger partial charge in [-0.3, -0.25) is 0 Å². The molecule has 3 aromatic rings. The molecule has 0 atom stereocenters. The summed E-state index contributed by atoms with van der Waals surface area (Å²) in [5.74, 6) is 0.384. The largest absolute Gasteiger partial charge is 0.403 e. The van der Waals surface area contributed by atoms with Crippen molar-refractivity contribution in [2.45, 2.75) is 13.8 Å². The Bertz CT molecular complexity index is 769. The summed E-state index contributed by atoms with van der Waals surface area (Å²) < 4.78 is 5.27. The molecule has 0 aliphatic rings. The van der Waals surface area contributed by atoms with Gasteiger partial charge in [0.1, 0.15) is 4.83 Å². The fourth-order valence-electron chi connectivity index (χ4n) is 1.81. The van der Waals surface area contributed by atoms with Gasteiger partial charge in [0.2, 0.25) is 5.89 Å². The molecule has 0 saturated heterocycles. The summed E-state index contributed by atoms with van der Waals surface area (Å²) in [6, 6.07) is 9.58. The standard InChI is InChI=1S/C14H11NO2S/c1-8-3-5-10(6-4-8)12-15-13-11(14(16)17-12)7-9(2)18-13/h3-7H,1-2H3. The zero-order chi connectivity index (χ0) is 12.7. The van der Waals surface area contributed by atoms with E-state index in [0.29, 0.717) is 11.3 Å². The number of hydrogen-bond acceptors (Lipinski definition) is 4. The molecule has 3 nitrogen and oxygen atoms in total. The van der Waals surface area contributed by atoms with Crippen molar-refractivity contribution in [1.29, 1.82) is 0 Å². The second-order valence-corrected chi connectivity index (χ2v) is 5.48. The number of fused-ring (bicyclic) bond motifs is 1. The molecule has 0 aliphatic carbocycles. The summed E-state index contributed by atoms with van der Waals surface area (Å²) in [5, 5.41) is 0.563. The van der Waals surface area contributed by atoms with Gasteiger partial charge in [-0.2, -0.15) is 0 Å². The molecule has 3 rings (SSSR count). The van der Waals surface area contributed by atoms with Crippen LogP contribution in [0.25, 0.3) is 21.7 Å². The second kappa shape index (κ2) is 4.07. The van der Waals surface area contributed by atoms with Crippen molar-refractivity contribution in [2.75, 3.05) is 0 Å². The SMILES string of the molecule is Cc1ccc(-c2nc3sc(C)cc3c(=O)o2)cc1. The van der Waals surface area contributed by atoms with Crippen molar-refractivity contribution in [2.24, 2.45) is 0 Å². The first kappa shape index (κ1) is 11.2. The molecule has 90 valence electrons. The lowest BCUT2D eigenvalue weighted by atomic mass is 10.1. The summed E-state index contributed by atoms with van der Waals surface area (Å²) in [4.78, 5) is 18.1. The molecular weight excluding hydrogens is 246 g/mol. The van der Waals surface area contributed by atoms with E-state index in [1.807, 2.05) is 44.2 Å². The lowest BCUT2D eigenvalue weighted by molar-refractivity contribution is 0.519. The Labute approximate surface area is 108 Å². The Kier molecular flexibility index (Phi) is 2.52. The highest BCUT2D eigenvalue weighted by Crippen LogP contribution is 2.24. The molecule has 0 N–H and O–H groups in total. The third-order valence-electron chi connectivity index (χ3n) is 2.75. The van der Waals surface area contributed by atoms with Gasteiger partial charge in [0.05, 0.1) is 5.39 Å². The molecule has 0 radical (unpaired) electrons. The number of rotatable bonds is 1. The van der Waals surface area contributed by atoms with Gasteiger partial charge in [0.15, 0.2) is 0 Å². The average molecular weight is 257 g/mol. The molecule has 2 heterocycles. The minimum absolute atomic E-state index is 0.320. The van der Waals surface area contributed by atoms with Crippen molar-refractivity contribution >= 4 is 21.6 Å². The monoisotopic (exact) mass is 257 g/mol. The molecular formula is C14H11NO2S. The van der Waals surface area contributed by atoms with Crippen LogP contribution in [0.1, 0.15) is 10.4 Å². The molecule has 0 bridgehead atoms. The molecule has 4 heteroatoms. The Morgan fingerprint density at radius 2 is 1.89 bits per heavy atom. The number of thiophene rings is 1. The number of nitrogens with zero attached hydrogens (tertiary/aromatic N) is 1. The summed E-state index contributed by atoms with van der Waals surface area (Å²) in [6.07, 6.45) is 0. The maximum Gasteiger partial charge on any atom is 0.347 e. The number of aromatic nitrogens is 1. The summed E-state index contributed by atoms with van der Waals surface area (Å²) >= 11 is 1.51. The molecule has 0 amide bonds. The van der Waals surface area contributed by atoms with Gasteiger partial charge in [-0.05, 0) is 32.0 Å². The van der Waals surface area contributed by atoms with Crippen LogP contribution in [0, 0.1) is 13.8 Å². The van der Waals surface area contributed by atoms with Gasteiger partial charge in [-0.15, -0.1) is 11.3 Å². The van der Waals surface area contributed by atoms with Crippen LogP contribution in [0.3, 0.4) is 0 Å². The van der Waals surface area contributed by atoms with Gasteiger partial charge < -0.3 is 4.42 Å². The van der Waals surface area contributed by atoms with Crippen LogP contribution in [-0.4, -0.2) is 4.98 Å². The van der Waals surface area contributed by atoms with E-state index in [1.165, 1.54) is 11.3 Å². The van der Waals surface area contributed by atoms with E-state index in [2.05, 4.69) is 4.98 Å². The van der Waals surface area contributed by atoms with Crippen molar-refractivity contribution in [1.82, 2.24) is 4.98 Å². The second-order valence-electron chi connectivity index (χ2n) is 4.25. The van der Waals surface area contributed by atoms with E-state index in [9.17, 15) is 4.79 Å². The predicted octanol–water partition coefficient (Wildman–Crippen LogP) is 3.53. The topological polar surface area (TPSA) is 43.1 Å². The molecule has 1 aromatic carbocycles. The molecule has 18 heavy (non-hydrogen) atoms. The lowest BCUT2D eigenvalue weighted by Crippen LogP contribution is -2.00. The quantitative estimate of drug-likeness (QED) is 0.669. The highest BCUT2D eigenvalue weighted by molar-refractivity contribution is 7.18. The van der Waals surface area contributed by atoms with Crippen LogP contribution in [0.4, 0.5) is 0 Å². The van der Waals surface area contributed by atoms with E-state index in [1.54, 1.807) is 0 Å². The third kappa shape index (κ3) is 1.84. The minimum atomic E-state index is -0.320. The average Bonchev–Trinajstić information content (AvgIpc) is 2.71. The summed E-state index contributed by atoms with van der Waals surface area (Å²) in [6.45, 7) is 3.97. The summed E-state index contributed by atoms with van der Waals surface area (Å²) in [5.41, 5.74) is 1.67. The van der Waals surface area contributed by atoms with E-state index >= 15 is 0 Å². The Balaban J connectivity index is 2.24. The highest BCUT2D eigenvalue weighted by Gasteiger charge is 2.10. The van der Waals surface area contributed by atoms with Crippen molar-refractivity contribution in [3.63, 3.8) is 0 Å². The Hall–Kier alpha value is -1.94. The third-order valence-corrected chi connectivity index (χ3v) is 3.69. The fraction of sp³-hybridized carbons (Fsp3) is 0.143. The Morgan fingerprint density at radius 3 is 2.61 bits per heavy atom. The maximum atomic E-state index is 11.9. The molecule has 0 aliphatic heterocycles. The van der Waals surface area contributed by atoms with Gasteiger partial charge in [0.25, 0.3) is 0 Å².